The zero-order valence-corrected chi connectivity index (χ0v) is 15.3. The molecule has 134 valence electrons. The molecule has 0 radical (unpaired) electrons. The van der Waals surface area contributed by atoms with Gasteiger partial charge in [-0.3, -0.25) is 4.79 Å². The molecule has 0 unspecified atom stereocenters. The van der Waals surface area contributed by atoms with Crippen molar-refractivity contribution in [3.05, 3.63) is 32.1 Å². The van der Waals surface area contributed by atoms with Crippen LogP contribution in [0.5, 0.6) is 0 Å². The molecule has 3 N–H and O–H groups in total. The highest BCUT2D eigenvalue weighted by Crippen LogP contribution is 2.50. The van der Waals surface area contributed by atoms with Crippen LogP contribution in [0.4, 0.5) is 0 Å². The summed E-state index contributed by atoms with van der Waals surface area (Å²) in [4.78, 5) is 30.7. The first-order chi connectivity index (χ1) is 11.9. The van der Waals surface area contributed by atoms with Gasteiger partial charge >= 0.3 is 5.97 Å². The van der Waals surface area contributed by atoms with Crippen molar-refractivity contribution in [3.63, 3.8) is 0 Å². The van der Waals surface area contributed by atoms with Gasteiger partial charge in [-0.25, -0.2) is 9.78 Å². The topological polar surface area (TPSA) is 111 Å². The fraction of sp³-hybridized carbons (Fsp3) is 0.438. The lowest BCUT2D eigenvalue weighted by molar-refractivity contribution is -0.163. The third kappa shape index (κ3) is 3.01. The van der Waals surface area contributed by atoms with E-state index in [9.17, 15) is 19.8 Å². The van der Waals surface area contributed by atoms with Crippen molar-refractivity contribution in [1.29, 1.82) is 0 Å². The molecular weight excluding hydrogens is 364 g/mol. The third-order valence-corrected chi connectivity index (χ3v) is 6.48. The number of aliphatic carboxylic acids is 1. The number of thiazole rings is 1. The Kier molecular flexibility index (Phi) is 5.01. The van der Waals surface area contributed by atoms with E-state index in [2.05, 4.69) is 4.98 Å². The van der Waals surface area contributed by atoms with Gasteiger partial charge in [-0.1, -0.05) is 18.7 Å². The van der Waals surface area contributed by atoms with Crippen molar-refractivity contribution in [2.24, 2.45) is 11.8 Å². The molecule has 3 rings (SSSR count). The molecule has 1 aromatic rings. The first-order valence-corrected chi connectivity index (χ1v) is 9.43. The van der Waals surface area contributed by atoms with Gasteiger partial charge in [0.1, 0.15) is 10.7 Å². The molecule has 1 amide bonds. The smallest absolute Gasteiger partial charge is 0.353 e. The number of carbonyl (C=O) groups is 2. The fourth-order valence-electron chi connectivity index (χ4n) is 3.32. The van der Waals surface area contributed by atoms with Crippen LogP contribution in [-0.4, -0.2) is 49.2 Å². The average Bonchev–Trinajstić information content (AvgIpc) is 3.09. The SMILES string of the molecule is C[C@@H](O)[C@H]1C(=O)N2C(C(=O)O)=C(SC=Cc3ncc(CO)s3)[C@H](C)[C@H]12. The first kappa shape index (κ1) is 18.1. The van der Waals surface area contributed by atoms with Crippen molar-refractivity contribution in [3.8, 4) is 0 Å². The summed E-state index contributed by atoms with van der Waals surface area (Å²) in [5.41, 5.74) is 0.00392. The molecule has 0 spiro atoms. The summed E-state index contributed by atoms with van der Waals surface area (Å²) in [6, 6.07) is -0.310. The van der Waals surface area contributed by atoms with Crippen molar-refractivity contribution < 1.29 is 24.9 Å². The summed E-state index contributed by atoms with van der Waals surface area (Å²) in [6.07, 6.45) is 2.53. The molecule has 0 aromatic carbocycles. The number of aliphatic hydroxyl groups is 2. The number of hydrogen-bond donors (Lipinski definition) is 3. The molecule has 9 heteroatoms. The second-order valence-corrected chi connectivity index (χ2v) is 8.11. The van der Waals surface area contributed by atoms with Crippen LogP contribution < -0.4 is 0 Å². The highest BCUT2D eigenvalue weighted by atomic mass is 32.2. The predicted molar refractivity (Wildman–Crippen MR) is 94.3 cm³/mol. The number of carboxylic acids is 1. The second-order valence-electron chi connectivity index (χ2n) is 6.02. The molecule has 1 saturated heterocycles. The van der Waals surface area contributed by atoms with Crippen LogP contribution in [0.2, 0.25) is 0 Å². The molecule has 1 aromatic heterocycles. The molecule has 0 bridgehead atoms. The maximum absolute atomic E-state index is 12.2. The highest BCUT2D eigenvalue weighted by Gasteiger charge is 2.59. The summed E-state index contributed by atoms with van der Waals surface area (Å²) in [5.74, 6) is -2.20. The third-order valence-electron chi connectivity index (χ3n) is 4.44. The standard InChI is InChI=1S/C16H18N2O5S2/c1-7-12-11(8(2)20)15(21)18(12)13(16(22)23)14(7)24-4-3-10-17-5-9(6-19)25-10/h3-5,7-8,11-12,19-20H,6H2,1-2H3,(H,22,23)/t7-,8-,11-,12-/m1/s1. The monoisotopic (exact) mass is 382 g/mol. The number of carbonyl (C=O) groups excluding carboxylic acids is 1. The molecule has 0 aliphatic carbocycles. The second kappa shape index (κ2) is 6.91. The summed E-state index contributed by atoms with van der Waals surface area (Å²) in [7, 11) is 0. The van der Waals surface area contributed by atoms with E-state index in [4.69, 9.17) is 5.11 Å². The Labute approximate surface area is 152 Å². The molecule has 7 nitrogen and oxygen atoms in total. The number of carboxylic acid groups (broad SMARTS) is 1. The van der Waals surface area contributed by atoms with E-state index in [0.29, 0.717) is 9.91 Å². The van der Waals surface area contributed by atoms with E-state index < -0.39 is 18.0 Å². The van der Waals surface area contributed by atoms with E-state index in [1.165, 1.54) is 28.0 Å². The van der Waals surface area contributed by atoms with E-state index in [1.54, 1.807) is 24.6 Å². The molecule has 3 heterocycles. The van der Waals surface area contributed by atoms with Crippen LogP contribution in [0.15, 0.2) is 22.2 Å². The number of hydrogen-bond acceptors (Lipinski definition) is 7. The van der Waals surface area contributed by atoms with Crippen molar-refractivity contribution in [2.75, 3.05) is 0 Å². The fourth-order valence-corrected chi connectivity index (χ4v) is 5.08. The van der Waals surface area contributed by atoms with Crippen LogP contribution in [-0.2, 0) is 16.2 Å². The Bertz CT molecular complexity index is 770. The zero-order chi connectivity index (χ0) is 18.3. The van der Waals surface area contributed by atoms with Crippen molar-refractivity contribution in [2.45, 2.75) is 32.6 Å². The Morgan fingerprint density at radius 1 is 1.56 bits per heavy atom. The first-order valence-electron chi connectivity index (χ1n) is 7.74. The number of fused-ring (bicyclic) bond motifs is 1. The minimum atomic E-state index is -1.14. The van der Waals surface area contributed by atoms with E-state index in [-0.39, 0.29) is 30.2 Å². The Morgan fingerprint density at radius 2 is 2.28 bits per heavy atom. The number of β-lactam (4-membered cyclic amide) rings is 1. The minimum absolute atomic E-state index is 0.00392. The summed E-state index contributed by atoms with van der Waals surface area (Å²) < 4.78 is 0. The molecule has 2 aliphatic rings. The number of thioether (sulfide) groups is 1. The Morgan fingerprint density at radius 3 is 2.84 bits per heavy atom. The molecular formula is C16H18N2O5S2. The maximum atomic E-state index is 12.2. The lowest BCUT2D eigenvalue weighted by Crippen LogP contribution is -2.63. The Hall–Kier alpha value is -1.68. The van der Waals surface area contributed by atoms with E-state index >= 15 is 0 Å². The number of aromatic nitrogens is 1. The summed E-state index contributed by atoms with van der Waals surface area (Å²) >= 11 is 2.60. The van der Waals surface area contributed by atoms with Crippen LogP contribution >= 0.6 is 23.1 Å². The van der Waals surface area contributed by atoms with Crippen LogP contribution in [0.3, 0.4) is 0 Å². The van der Waals surface area contributed by atoms with Crippen LogP contribution in [0.25, 0.3) is 6.08 Å². The van der Waals surface area contributed by atoms with Gasteiger partial charge in [0, 0.05) is 17.0 Å². The van der Waals surface area contributed by atoms with Gasteiger partial charge in [0.25, 0.3) is 0 Å². The normalized spacial score (nSPS) is 27.0. The van der Waals surface area contributed by atoms with Crippen molar-refractivity contribution >= 4 is 41.1 Å². The van der Waals surface area contributed by atoms with Gasteiger partial charge in [-0.05, 0) is 18.4 Å². The number of aliphatic hydroxyl groups excluding tert-OH is 2. The van der Waals surface area contributed by atoms with E-state index in [0.717, 1.165) is 4.88 Å². The molecule has 4 atom stereocenters. The van der Waals surface area contributed by atoms with Gasteiger partial charge in [0.15, 0.2) is 0 Å². The lowest BCUT2D eigenvalue weighted by Gasteiger charge is -2.46. The van der Waals surface area contributed by atoms with Gasteiger partial charge in [0.2, 0.25) is 5.91 Å². The number of nitrogens with zero attached hydrogens (tertiary/aromatic N) is 2. The van der Waals surface area contributed by atoms with Crippen LogP contribution in [0, 0.1) is 11.8 Å². The lowest BCUT2D eigenvalue weighted by atomic mass is 9.79. The highest BCUT2D eigenvalue weighted by molar-refractivity contribution is 8.06. The molecule has 25 heavy (non-hydrogen) atoms. The summed E-state index contributed by atoms with van der Waals surface area (Å²) in [5, 5.41) is 30.8. The van der Waals surface area contributed by atoms with Gasteiger partial charge in [-0.2, -0.15) is 0 Å². The van der Waals surface area contributed by atoms with Gasteiger partial charge in [0.05, 0.1) is 29.5 Å². The zero-order valence-electron chi connectivity index (χ0n) is 13.6. The summed E-state index contributed by atoms with van der Waals surface area (Å²) in [6.45, 7) is 3.36. The molecule has 0 saturated carbocycles. The van der Waals surface area contributed by atoms with Gasteiger partial charge in [-0.15, -0.1) is 11.3 Å². The van der Waals surface area contributed by atoms with Gasteiger partial charge < -0.3 is 20.2 Å². The number of rotatable bonds is 6. The average molecular weight is 382 g/mol. The van der Waals surface area contributed by atoms with Crippen molar-refractivity contribution in [1.82, 2.24) is 9.88 Å². The Balaban J connectivity index is 1.81. The maximum Gasteiger partial charge on any atom is 0.353 e. The largest absolute Gasteiger partial charge is 0.477 e. The molecule has 2 aliphatic heterocycles. The quantitative estimate of drug-likeness (QED) is 0.639. The number of amides is 1. The predicted octanol–water partition coefficient (Wildman–Crippen LogP) is 1.49. The molecule has 1 fully saturated rings. The van der Waals surface area contributed by atoms with Crippen LogP contribution in [0.1, 0.15) is 23.7 Å². The minimum Gasteiger partial charge on any atom is -0.477 e. The van der Waals surface area contributed by atoms with E-state index in [1.807, 2.05) is 6.92 Å².